The third-order valence-corrected chi connectivity index (χ3v) is 6.30. The topological polar surface area (TPSA) is 59.0 Å². The Labute approximate surface area is 201 Å². The number of fused-ring (bicyclic) bond motifs is 1. The zero-order valence-corrected chi connectivity index (χ0v) is 19.9. The lowest BCUT2D eigenvalue weighted by atomic mass is 9.81. The van der Waals surface area contributed by atoms with Crippen molar-refractivity contribution in [1.29, 1.82) is 0 Å². The lowest BCUT2D eigenvalue weighted by Gasteiger charge is -2.25. The molecule has 0 radical (unpaired) electrons. The Hall–Kier alpha value is -3.57. The predicted molar refractivity (Wildman–Crippen MR) is 135 cm³/mol. The highest BCUT2D eigenvalue weighted by atomic mass is 16.5. The van der Waals surface area contributed by atoms with Crippen LogP contribution in [0.25, 0.3) is 0 Å². The number of hydrogen-bond acceptors (Lipinski definition) is 5. The van der Waals surface area contributed by atoms with Crippen LogP contribution in [0, 0.1) is 0 Å². The zero-order valence-electron chi connectivity index (χ0n) is 19.9. The van der Waals surface area contributed by atoms with Gasteiger partial charge >= 0.3 is 0 Å². The van der Waals surface area contributed by atoms with Gasteiger partial charge in [0.15, 0.2) is 5.78 Å². The van der Waals surface area contributed by atoms with Crippen molar-refractivity contribution < 1.29 is 14.3 Å². The van der Waals surface area contributed by atoms with E-state index in [0.29, 0.717) is 17.7 Å². The van der Waals surface area contributed by atoms with E-state index in [4.69, 9.17) is 4.74 Å². The molecule has 0 fully saturated rings. The van der Waals surface area contributed by atoms with Crippen molar-refractivity contribution in [3.63, 3.8) is 0 Å². The van der Waals surface area contributed by atoms with Crippen LogP contribution in [0.3, 0.4) is 0 Å². The monoisotopic (exact) mass is 454 g/mol. The van der Waals surface area contributed by atoms with E-state index < -0.39 is 5.92 Å². The minimum absolute atomic E-state index is 0.0187. The van der Waals surface area contributed by atoms with Crippen LogP contribution in [0.15, 0.2) is 71.7 Å². The van der Waals surface area contributed by atoms with Gasteiger partial charge in [0.1, 0.15) is 6.61 Å². The molecule has 1 heterocycles. The number of ketones is 1. The van der Waals surface area contributed by atoms with E-state index in [1.807, 2.05) is 44.4 Å². The van der Waals surface area contributed by atoms with Gasteiger partial charge in [-0.15, -0.1) is 0 Å². The van der Waals surface area contributed by atoms with E-state index in [0.717, 1.165) is 29.7 Å². The van der Waals surface area contributed by atoms with E-state index in [1.165, 1.54) is 11.1 Å². The quantitative estimate of drug-likeness (QED) is 0.412. The van der Waals surface area contributed by atoms with Crippen molar-refractivity contribution in [2.45, 2.75) is 31.7 Å². The van der Waals surface area contributed by atoms with Crippen molar-refractivity contribution >= 4 is 24.2 Å². The van der Waals surface area contributed by atoms with Crippen LogP contribution in [0.1, 0.15) is 56.9 Å². The molecule has 2 atom stereocenters. The molecule has 0 saturated carbocycles. The SMILES string of the molecule is CCc1ccc(C2C=Nc3cccc(C(COC=O)c4ccc(CN(C)C)cc4)c3C2=O)cc1. The minimum atomic E-state index is -0.435. The van der Waals surface area contributed by atoms with E-state index in [-0.39, 0.29) is 18.3 Å². The Morgan fingerprint density at radius 2 is 1.71 bits per heavy atom. The van der Waals surface area contributed by atoms with Crippen molar-refractivity contribution in [2.24, 2.45) is 4.99 Å². The van der Waals surface area contributed by atoms with Crippen LogP contribution >= 0.6 is 0 Å². The van der Waals surface area contributed by atoms with Crippen LogP contribution in [0.4, 0.5) is 5.69 Å². The number of ether oxygens (including phenoxy) is 1. The number of aliphatic imine (C=N–C) groups is 1. The van der Waals surface area contributed by atoms with E-state index in [2.05, 4.69) is 53.2 Å². The van der Waals surface area contributed by atoms with Gasteiger partial charge in [-0.1, -0.05) is 67.6 Å². The first kappa shape index (κ1) is 23.6. The molecule has 0 bridgehead atoms. The van der Waals surface area contributed by atoms with Crippen LogP contribution in [-0.4, -0.2) is 44.1 Å². The molecule has 0 spiro atoms. The zero-order chi connectivity index (χ0) is 24.1. The second-order valence-electron chi connectivity index (χ2n) is 8.92. The van der Waals surface area contributed by atoms with E-state index >= 15 is 0 Å². The number of carbonyl (C=O) groups is 2. The minimum Gasteiger partial charge on any atom is -0.467 e. The smallest absolute Gasteiger partial charge is 0.293 e. The summed E-state index contributed by atoms with van der Waals surface area (Å²) in [6.45, 7) is 3.56. The average Bonchev–Trinajstić information content (AvgIpc) is 2.85. The molecule has 0 aromatic heterocycles. The number of carbonyl (C=O) groups excluding carboxylic acids is 2. The van der Waals surface area contributed by atoms with Gasteiger partial charge in [-0.05, 0) is 54.4 Å². The molecule has 5 nitrogen and oxygen atoms in total. The standard InChI is InChI=1S/C29H30N2O3/c1-4-20-8-12-22(13-9-20)25-16-30-27-7-5-6-24(28(27)29(25)33)26(18-34-19-32)23-14-10-21(11-15-23)17-31(2)3/h5-16,19,25-26H,4,17-18H2,1-3H3. The van der Waals surface area contributed by atoms with Gasteiger partial charge in [0.2, 0.25) is 0 Å². The maximum Gasteiger partial charge on any atom is 0.293 e. The summed E-state index contributed by atoms with van der Waals surface area (Å²) in [7, 11) is 4.06. The Morgan fingerprint density at radius 1 is 1.00 bits per heavy atom. The molecule has 4 rings (SSSR count). The number of aryl methyl sites for hydroxylation is 1. The van der Waals surface area contributed by atoms with E-state index in [1.54, 1.807) is 6.21 Å². The van der Waals surface area contributed by atoms with Crippen molar-refractivity contribution in [1.82, 2.24) is 4.90 Å². The molecule has 2 unspecified atom stereocenters. The first-order valence-electron chi connectivity index (χ1n) is 11.6. The summed E-state index contributed by atoms with van der Waals surface area (Å²) in [5.41, 5.74) is 6.43. The second kappa shape index (κ2) is 10.6. The molecule has 0 saturated heterocycles. The summed E-state index contributed by atoms with van der Waals surface area (Å²) in [6, 6.07) is 22.1. The second-order valence-corrected chi connectivity index (χ2v) is 8.92. The molecule has 174 valence electrons. The third kappa shape index (κ3) is 5.00. The Morgan fingerprint density at radius 3 is 2.35 bits per heavy atom. The van der Waals surface area contributed by atoms with Crippen molar-refractivity contribution in [3.8, 4) is 0 Å². The average molecular weight is 455 g/mol. The Bertz CT molecular complexity index is 1180. The summed E-state index contributed by atoms with van der Waals surface area (Å²) in [5, 5.41) is 0. The van der Waals surface area contributed by atoms with Gasteiger partial charge in [0.25, 0.3) is 6.47 Å². The summed E-state index contributed by atoms with van der Waals surface area (Å²) in [4.78, 5) is 31.6. The van der Waals surface area contributed by atoms with Gasteiger partial charge in [0, 0.05) is 24.2 Å². The van der Waals surface area contributed by atoms with E-state index in [9.17, 15) is 9.59 Å². The summed E-state index contributed by atoms with van der Waals surface area (Å²) < 4.78 is 5.22. The third-order valence-electron chi connectivity index (χ3n) is 6.30. The summed E-state index contributed by atoms with van der Waals surface area (Å²) >= 11 is 0. The van der Waals surface area contributed by atoms with Crippen LogP contribution in [0.2, 0.25) is 0 Å². The molecule has 3 aromatic rings. The molecular formula is C29H30N2O3. The Kier molecular flexibility index (Phi) is 7.33. The highest BCUT2D eigenvalue weighted by molar-refractivity contribution is 6.16. The lowest BCUT2D eigenvalue weighted by molar-refractivity contribution is -0.128. The van der Waals surface area contributed by atoms with Crippen molar-refractivity contribution in [3.05, 3.63) is 100 Å². The van der Waals surface area contributed by atoms with Crippen LogP contribution in [0.5, 0.6) is 0 Å². The molecule has 1 aliphatic rings. The van der Waals surface area contributed by atoms with Gasteiger partial charge in [-0.3, -0.25) is 14.6 Å². The first-order chi connectivity index (χ1) is 16.5. The van der Waals surface area contributed by atoms with Gasteiger partial charge in [0.05, 0.1) is 11.6 Å². The fraction of sp³-hybridized carbons (Fsp3) is 0.276. The molecule has 0 amide bonds. The lowest BCUT2D eigenvalue weighted by Crippen LogP contribution is -2.22. The maximum absolute atomic E-state index is 13.8. The van der Waals surface area contributed by atoms with Crippen LogP contribution in [-0.2, 0) is 22.5 Å². The van der Waals surface area contributed by atoms with Gasteiger partial charge in [-0.25, -0.2) is 0 Å². The highest BCUT2D eigenvalue weighted by Gasteiger charge is 2.31. The molecule has 0 N–H and O–H groups in total. The summed E-state index contributed by atoms with van der Waals surface area (Å²) in [6.07, 6.45) is 2.69. The number of benzene rings is 3. The molecule has 3 aromatic carbocycles. The summed E-state index contributed by atoms with van der Waals surface area (Å²) in [5.74, 6) is -0.686. The van der Waals surface area contributed by atoms with Gasteiger partial charge in [-0.2, -0.15) is 0 Å². The van der Waals surface area contributed by atoms with Gasteiger partial charge < -0.3 is 9.64 Å². The number of nitrogens with zero attached hydrogens (tertiary/aromatic N) is 2. The fourth-order valence-electron chi connectivity index (χ4n) is 4.52. The molecule has 34 heavy (non-hydrogen) atoms. The molecule has 1 aliphatic heterocycles. The highest BCUT2D eigenvalue weighted by Crippen LogP contribution is 2.38. The van der Waals surface area contributed by atoms with Crippen molar-refractivity contribution in [2.75, 3.05) is 20.7 Å². The maximum atomic E-state index is 13.8. The molecular weight excluding hydrogens is 424 g/mol. The predicted octanol–water partition coefficient (Wildman–Crippen LogP) is 5.30. The number of hydrogen-bond donors (Lipinski definition) is 0. The first-order valence-corrected chi connectivity index (χ1v) is 11.6. The molecule has 0 aliphatic carbocycles. The largest absolute Gasteiger partial charge is 0.467 e. The number of rotatable bonds is 9. The normalized spacial score (nSPS) is 15.8. The number of Topliss-reactive ketones (excluding diaryl/α,β-unsaturated/α-hetero) is 1. The fourth-order valence-corrected chi connectivity index (χ4v) is 4.52. The molecule has 5 heteroatoms. The Balaban J connectivity index is 1.73. The van der Waals surface area contributed by atoms with Crippen LogP contribution < -0.4 is 0 Å².